The molecule has 2 aromatic heterocycles. The van der Waals surface area contributed by atoms with E-state index in [1.165, 1.54) is 6.20 Å². The van der Waals surface area contributed by atoms with E-state index in [-0.39, 0.29) is 6.10 Å². The first-order valence-corrected chi connectivity index (χ1v) is 7.13. The Balaban J connectivity index is 1.91. The fourth-order valence-electron chi connectivity index (χ4n) is 2.48. The minimum Gasteiger partial charge on any atom is -0.462 e. The molecule has 0 aromatic carbocycles. The topological polar surface area (TPSA) is 80.0 Å². The van der Waals surface area contributed by atoms with Crippen LogP contribution in [0.15, 0.2) is 18.5 Å². The van der Waals surface area contributed by atoms with Crippen molar-refractivity contribution in [1.29, 1.82) is 0 Å². The number of piperidine rings is 1. The van der Waals surface area contributed by atoms with Crippen LogP contribution in [0.5, 0.6) is 0 Å². The van der Waals surface area contributed by atoms with Crippen LogP contribution < -0.4 is 4.90 Å². The second-order valence-corrected chi connectivity index (χ2v) is 5.05. The molecule has 3 rings (SSSR count). The van der Waals surface area contributed by atoms with Crippen molar-refractivity contribution in [2.75, 3.05) is 24.6 Å². The van der Waals surface area contributed by atoms with Gasteiger partial charge < -0.3 is 14.7 Å². The SMILES string of the molecule is CCOC(=O)c1cnn2ccc(N3CCC(O)CC3)nc12. The average molecular weight is 290 g/mol. The smallest absolute Gasteiger partial charge is 0.343 e. The highest BCUT2D eigenvalue weighted by molar-refractivity contribution is 5.95. The van der Waals surface area contributed by atoms with Crippen molar-refractivity contribution in [3.8, 4) is 0 Å². The number of aliphatic hydroxyl groups excluding tert-OH is 1. The van der Waals surface area contributed by atoms with Crippen molar-refractivity contribution < 1.29 is 14.6 Å². The number of carbonyl (C=O) groups is 1. The maximum Gasteiger partial charge on any atom is 0.343 e. The van der Waals surface area contributed by atoms with E-state index >= 15 is 0 Å². The Labute approximate surface area is 122 Å². The van der Waals surface area contributed by atoms with Gasteiger partial charge in [-0.1, -0.05) is 0 Å². The molecule has 0 saturated carbocycles. The van der Waals surface area contributed by atoms with E-state index < -0.39 is 5.97 Å². The molecule has 1 saturated heterocycles. The number of nitrogens with zero attached hydrogens (tertiary/aromatic N) is 4. The van der Waals surface area contributed by atoms with Gasteiger partial charge in [-0.15, -0.1) is 0 Å². The van der Waals surface area contributed by atoms with Gasteiger partial charge in [-0.3, -0.25) is 0 Å². The van der Waals surface area contributed by atoms with Gasteiger partial charge >= 0.3 is 5.97 Å². The highest BCUT2D eigenvalue weighted by atomic mass is 16.5. The number of aliphatic hydroxyl groups is 1. The number of carbonyl (C=O) groups excluding carboxylic acids is 1. The van der Waals surface area contributed by atoms with Crippen molar-refractivity contribution >= 4 is 17.4 Å². The van der Waals surface area contributed by atoms with Crippen LogP contribution in [0.4, 0.5) is 5.82 Å². The largest absolute Gasteiger partial charge is 0.462 e. The third kappa shape index (κ3) is 2.69. The lowest BCUT2D eigenvalue weighted by atomic mass is 10.1. The van der Waals surface area contributed by atoms with E-state index in [0.717, 1.165) is 31.7 Å². The van der Waals surface area contributed by atoms with Crippen LogP contribution in [0.2, 0.25) is 0 Å². The van der Waals surface area contributed by atoms with Crippen LogP contribution in [-0.2, 0) is 4.74 Å². The molecule has 0 bridgehead atoms. The van der Waals surface area contributed by atoms with Gasteiger partial charge in [0.25, 0.3) is 0 Å². The molecule has 1 aliphatic rings. The molecule has 0 atom stereocenters. The first-order valence-electron chi connectivity index (χ1n) is 7.13. The van der Waals surface area contributed by atoms with Gasteiger partial charge in [0.2, 0.25) is 0 Å². The van der Waals surface area contributed by atoms with Crippen LogP contribution in [0.3, 0.4) is 0 Å². The lowest BCUT2D eigenvalue weighted by Gasteiger charge is -2.30. The molecule has 7 heteroatoms. The maximum atomic E-state index is 11.9. The summed E-state index contributed by atoms with van der Waals surface area (Å²) in [6.07, 6.45) is 4.50. The Morgan fingerprint density at radius 2 is 2.24 bits per heavy atom. The highest BCUT2D eigenvalue weighted by Crippen LogP contribution is 2.20. The molecule has 0 unspecified atom stereocenters. The number of fused-ring (bicyclic) bond motifs is 1. The Hall–Kier alpha value is -2.15. The molecular weight excluding hydrogens is 272 g/mol. The van der Waals surface area contributed by atoms with Gasteiger partial charge in [0.15, 0.2) is 5.65 Å². The fourth-order valence-corrected chi connectivity index (χ4v) is 2.48. The Morgan fingerprint density at radius 1 is 1.48 bits per heavy atom. The average Bonchev–Trinajstić information content (AvgIpc) is 2.91. The zero-order valence-electron chi connectivity index (χ0n) is 11.9. The van der Waals surface area contributed by atoms with E-state index in [9.17, 15) is 9.90 Å². The minimum absolute atomic E-state index is 0.227. The van der Waals surface area contributed by atoms with Gasteiger partial charge in [-0.05, 0) is 25.8 Å². The first-order chi connectivity index (χ1) is 10.2. The van der Waals surface area contributed by atoms with Crippen molar-refractivity contribution in [2.45, 2.75) is 25.9 Å². The summed E-state index contributed by atoms with van der Waals surface area (Å²) in [5.74, 6) is 0.381. The molecule has 3 heterocycles. The van der Waals surface area contributed by atoms with E-state index in [2.05, 4.69) is 15.0 Å². The van der Waals surface area contributed by atoms with Crippen LogP contribution >= 0.6 is 0 Å². The lowest BCUT2D eigenvalue weighted by molar-refractivity contribution is 0.0528. The molecule has 1 aliphatic heterocycles. The number of hydrogen-bond acceptors (Lipinski definition) is 6. The van der Waals surface area contributed by atoms with Crippen molar-refractivity contribution in [2.24, 2.45) is 0 Å². The predicted octanol–water partition coefficient (Wildman–Crippen LogP) is 0.867. The minimum atomic E-state index is -0.411. The molecule has 112 valence electrons. The van der Waals surface area contributed by atoms with Crippen LogP contribution in [0.25, 0.3) is 5.65 Å². The predicted molar refractivity (Wildman–Crippen MR) is 76.4 cm³/mol. The summed E-state index contributed by atoms with van der Waals surface area (Å²) in [5.41, 5.74) is 0.868. The van der Waals surface area contributed by atoms with Gasteiger partial charge in [-0.2, -0.15) is 5.10 Å². The molecule has 0 aliphatic carbocycles. The molecule has 7 nitrogen and oxygen atoms in total. The van der Waals surface area contributed by atoms with Gasteiger partial charge in [0.1, 0.15) is 11.4 Å². The van der Waals surface area contributed by atoms with Gasteiger partial charge in [-0.25, -0.2) is 14.3 Å². The number of hydrogen-bond donors (Lipinski definition) is 1. The summed E-state index contributed by atoms with van der Waals surface area (Å²) in [6.45, 7) is 3.60. The summed E-state index contributed by atoms with van der Waals surface area (Å²) < 4.78 is 6.58. The number of anilines is 1. The summed E-state index contributed by atoms with van der Waals surface area (Å²) in [6, 6.07) is 1.87. The molecule has 1 N–H and O–H groups in total. The van der Waals surface area contributed by atoms with Crippen LogP contribution in [-0.4, -0.2) is 51.5 Å². The fraction of sp³-hybridized carbons (Fsp3) is 0.500. The van der Waals surface area contributed by atoms with Gasteiger partial charge in [0, 0.05) is 19.3 Å². The van der Waals surface area contributed by atoms with Crippen molar-refractivity contribution in [1.82, 2.24) is 14.6 Å². The number of rotatable bonds is 3. The molecular formula is C14H18N4O3. The molecule has 21 heavy (non-hydrogen) atoms. The highest BCUT2D eigenvalue weighted by Gasteiger charge is 2.20. The normalized spacial score (nSPS) is 16.4. The second-order valence-electron chi connectivity index (χ2n) is 5.05. The Morgan fingerprint density at radius 3 is 2.95 bits per heavy atom. The summed E-state index contributed by atoms with van der Waals surface area (Å²) in [5, 5.41) is 13.7. The van der Waals surface area contributed by atoms with E-state index in [1.54, 1.807) is 17.6 Å². The third-order valence-corrected chi connectivity index (χ3v) is 3.64. The standard InChI is InChI=1S/C14H18N4O3/c1-2-21-14(20)11-9-15-18-8-5-12(16-13(11)18)17-6-3-10(19)4-7-17/h5,8-10,19H,2-4,6-7H2,1H3. The first kappa shape index (κ1) is 13.8. The molecule has 2 aromatic rings. The van der Waals surface area contributed by atoms with Crippen molar-refractivity contribution in [3.63, 3.8) is 0 Å². The lowest BCUT2D eigenvalue weighted by Crippen LogP contribution is -2.36. The third-order valence-electron chi connectivity index (χ3n) is 3.64. The molecule has 0 spiro atoms. The number of ether oxygens (including phenoxy) is 1. The molecule has 0 amide bonds. The van der Waals surface area contributed by atoms with E-state index in [4.69, 9.17) is 4.74 Å². The second kappa shape index (κ2) is 5.69. The van der Waals surface area contributed by atoms with Crippen LogP contribution in [0, 0.1) is 0 Å². The zero-order chi connectivity index (χ0) is 14.8. The molecule has 0 radical (unpaired) electrons. The quantitative estimate of drug-likeness (QED) is 0.845. The molecule has 1 fully saturated rings. The van der Waals surface area contributed by atoms with Gasteiger partial charge in [0.05, 0.1) is 18.9 Å². The Kier molecular flexibility index (Phi) is 3.74. The van der Waals surface area contributed by atoms with E-state index in [0.29, 0.717) is 17.8 Å². The summed E-state index contributed by atoms with van der Waals surface area (Å²) in [7, 11) is 0. The zero-order valence-corrected chi connectivity index (χ0v) is 11.9. The summed E-state index contributed by atoms with van der Waals surface area (Å²) >= 11 is 0. The maximum absolute atomic E-state index is 11.9. The Bertz CT molecular complexity index is 647. The van der Waals surface area contributed by atoms with E-state index in [1.807, 2.05) is 6.07 Å². The van der Waals surface area contributed by atoms with Crippen molar-refractivity contribution in [3.05, 3.63) is 24.0 Å². The number of esters is 1. The summed E-state index contributed by atoms with van der Waals surface area (Å²) in [4.78, 5) is 18.5. The monoisotopic (exact) mass is 290 g/mol. The van der Waals surface area contributed by atoms with Crippen LogP contribution in [0.1, 0.15) is 30.1 Å². The number of aromatic nitrogens is 3.